The number of nitrogens with one attached hydrogen (secondary N) is 2. The summed E-state index contributed by atoms with van der Waals surface area (Å²) in [6.45, 7) is 0. The second-order valence-electron chi connectivity index (χ2n) is 6.67. The Morgan fingerprint density at radius 2 is 1.97 bits per heavy atom. The number of benzene rings is 2. The molecule has 0 aliphatic rings. The van der Waals surface area contributed by atoms with Crippen LogP contribution >= 0.6 is 22.7 Å². The highest BCUT2D eigenvalue weighted by atomic mass is 32.1. The summed E-state index contributed by atoms with van der Waals surface area (Å²) in [4.78, 5) is 24.7. The van der Waals surface area contributed by atoms with Crippen LogP contribution in [0.15, 0.2) is 65.5 Å². The van der Waals surface area contributed by atoms with Crippen molar-refractivity contribution < 1.29 is 9.18 Å². The van der Waals surface area contributed by atoms with E-state index >= 15 is 0 Å². The number of carbonyl (C=O) groups is 1. The molecule has 0 unspecified atom stereocenters. The van der Waals surface area contributed by atoms with E-state index < -0.39 is 0 Å². The average Bonchev–Trinajstić information content (AvgIpc) is 3.47. The molecule has 148 valence electrons. The van der Waals surface area contributed by atoms with E-state index in [1.54, 1.807) is 12.1 Å². The van der Waals surface area contributed by atoms with Gasteiger partial charge in [-0.15, -0.1) is 22.7 Å². The maximum absolute atomic E-state index is 13.4. The number of carbonyl (C=O) groups excluding carboxylic acids is 1. The van der Waals surface area contributed by atoms with Crippen molar-refractivity contribution in [1.82, 2.24) is 15.0 Å². The maximum Gasteiger partial charge on any atom is 0.232 e. The van der Waals surface area contributed by atoms with Crippen LogP contribution < -0.4 is 5.32 Å². The Balaban J connectivity index is 1.28. The van der Waals surface area contributed by atoms with Gasteiger partial charge in [0.25, 0.3) is 0 Å². The molecule has 0 spiro atoms. The van der Waals surface area contributed by atoms with Crippen LogP contribution in [0.25, 0.3) is 32.7 Å². The predicted molar refractivity (Wildman–Crippen MR) is 119 cm³/mol. The molecule has 5 nitrogen and oxygen atoms in total. The summed E-state index contributed by atoms with van der Waals surface area (Å²) in [6, 6.07) is 14.3. The fraction of sp³-hybridized carbons (Fsp3) is 0.0455. The molecule has 2 N–H and O–H groups in total. The number of hydrogen-bond donors (Lipinski definition) is 2. The van der Waals surface area contributed by atoms with Gasteiger partial charge >= 0.3 is 0 Å². The van der Waals surface area contributed by atoms with Crippen LogP contribution in [0.3, 0.4) is 0 Å². The van der Waals surface area contributed by atoms with Gasteiger partial charge in [0, 0.05) is 39.0 Å². The Bertz CT molecular complexity index is 1350. The normalized spacial score (nSPS) is 11.1. The highest BCUT2D eigenvalue weighted by Crippen LogP contribution is 2.31. The highest BCUT2D eigenvalue weighted by Gasteiger charge is 2.13. The third-order valence-corrected chi connectivity index (χ3v) is 6.28. The van der Waals surface area contributed by atoms with E-state index in [1.807, 2.05) is 41.2 Å². The van der Waals surface area contributed by atoms with Gasteiger partial charge in [-0.1, -0.05) is 30.3 Å². The summed E-state index contributed by atoms with van der Waals surface area (Å²) in [7, 11) is 0. The molecule has 30 heavy (non-hydrogen) atoms. The second-order valence-corrected chi connectivity index (χ2v) is 8.38. The van der Waals surface area contributed by atoms with Crippen molar-refractivity contribution in [1.29, 1.82) is 0 Å². The topological polar surface area (TPSA) is 70.7 Å². The van der Waals surface area contributed by atoms with Gasteiger partial charge in [-0.25, -0.2) is 14.4 Å². The molecule has 8 heteroatoms. The minimum Gasteiger partial charge on any atom is -0.360 e. The van der Waals surface area contributed by atoms with Crippen molar-refractivity contribution in [2.75, 3.05) is 5.32 Å². The molecule has 3 aromatic heterocycles. The van der Waals surface area contributed by atoms with Gasteiger partial charge in [-0.3, -0.25) is 4.79 Å². The van der Waals surface area contributed by atoms with Crippen LogP contribution in [0, 0.1) is 5.82 Å². The van der Waals surface area contributed by atoms with E-state index in [0.29, 0.717) is 21.4 Å². The van der Waals surface area contributed by atoms with Gasteiger partial charge in [0.1, 0.15) is 10.8 Å². The van der Waals surface area contributed by atoms with Crippen LogP contribution in [-0.2, 0) is 11.2 Å². The number of fused-ring (bicyclic) bond motifs is 1. The molecule has 0 aliphatic heterocycles. The summed E-state index contributed by atoms with van der Waals surface area (Å²) in [5.41, 5.74) is 4.21. The van der Waals surface area contributed by atoms with Crippen LogP contribution in [0.2, 0.25) is 0 Å². The van der Waals surface area contributed by atoms with Gasteiger partial charge in [0.15, 0.2) is 5.13 Å². The number of rotatable bonds is 5. The van der Waals surface area contributed by atoms with E-state index in [1.165, 1.54) is 34.8 Å². The number of anilines is 1. The standard InChI is InChI=1S/C22H15FN4OS2/c23-14-5-3-4-13(8-14)21-25-15(11-29-21)9-20(28)27-22-26-19(12-30-22)17-10-24-18-7-2-1-6-16(17)18/h1-8,10-12,24H,9H2,(H,26,27,28). The molecular formula is C22H15FN4OS2. The number of halogens is 1. The van der Waals surface area contributed by atoms with E-state index in [-0.39, 0.29) is 18.1 Å². The van der Waals surface area contributed by atoms with Crippen molar-refractivity contribution >= 4 is 44.6 Å². The molecule has 0 atom stereocenters. The number of thiazole rings is 2. The molecular weight excluding hydrogens is 419 g/mol. The van der Waals surface area contributed by atoms with Crippen LogP contribution in [0.4, 0.5) is 9.52 Å². The lowest BCUT2D eigenvalue weighted by molar-refractivity contribution is -0.115. The number of aromatic amines is 1. The number of para-hydroxylation sites is 1. The zero-order valence-electron chi connectivity index (χ0n) is 15.6. The van der Waals surface area contributed by atoms with Crippen molar-refractivity contribution in [3.05, 3.63) is 77.0 Å². The van der Waals surface area contributed by atoms with E-state index in [4.69, 9.17) is 0 Å². The zero-order chi connectivity index (χ0) is 20.5. The van der Waals surface area contributed by atoms with Gasteiger partial charge in [-0.05, 0) is 18.2 Å². The van der Waals surface area contributed by atoms with Crippen molar-refractivity contribution in [2.45, 2.75) is 6.42 Å². The van der Waals surface area contributed by atoms with Crippen LogP contribution in [0.1, 0.15) is 5.69 Å². The molecule has 0 radical (unpaired) electrons. The Kier molecular flexibility index (Phi) is 4.86. The lowest BCUT2D eigenvalue weighted by Gasteiger charge is -1.99. The van der Waals surface area contributed by atoms with E-state index in [0.717, 1.165) is 22.2 Å². The van der Waals surface area contributed by atoms with Crippen LogP contribution in [-0.4, -0.2) is 20.9 Å². The van der Waals surface area contributed by atoms with Gasteiger partial charge < -0.3 is 10.3 Å². The number of nitrogens with zero attached hydrogens (tertiary/aromatic N) is 2. The first kappa shape index (κ1) is 18.7. The average molecular weight is 435 g/mol. The second kappa shape index (κ2) is 7.81. The highest BCUT2D eigenvalue weighted by molar-refractivity contribution is 7.14. The molecule has 3 heterocycles. The fourth-order valence-electron chi connectivity index (χ4n) is 3.21. The van der Waals surface area contributed by atoms with Gasteiger partial charge in [0.2, 0.25) is 5.91 Å². The molecule has 5 aromatic rings. The fourth-order valence-corrected chi connectivity index (χ4v) is 4.75. The number of amides is 1. The first-order valence-corrected chi connectivity index (χ1v) is 10.9. The van der Waals surface area contributed by atoms with Crippen molar-refractivity contribution in [2.24, 2.45) is 0 Å². The molecule has 0 saturated heterocycles. The molecule has 0 bridgehead atoms. The van der Waals surface area contributed by atoms with Gasteiger partial charge in [-0.2, -0.15) is 0 Å². The van der Waals surface area contributed by atoms with Crippen LogP contribution in [0.5, 0.6) is 0 Å². The summed E-state index contributed by atoms with van der Waals surface area (Å²) in [5.74, 6) is -0.498. The zero-order valence-corrected chi connectivity index (χ0v) is 17.2. The Morgan fingerprint density at radius 3 is 2.87 bits per heavy atom. The lowest BCUT2D eigenvalue weighted by atomic mass is 10.1. The monoisotopic (exact) mass is 434 g/mol. The van der Waals surface area contributed by atoms with Crippen molar-refractivity contribution in [3.8, 4) is 21.8 Å². The van der Waals surface area contributed by atoms with Gasteiger partial charge in [0.05, 0.1) is 17.8 Å². The lowest BCUT2D eigenvalue weighted by Crippen LogP contribution is -2.14. The third-order valence-electron chi connectivity index (χ3n) is 4.58. The summed E-state index contributed by atoms with van der Waals surface area (Å²) in [6.07, 6.45) is 2.06. The smallest absolute Gasteiger partial charge is 0.232 e. The van der Waals surface area contributed by atoms with E-state index in [9.17, 15) is 9.18 Å². The quantitative estimate of drug-likeness (QED) is 0.371. The van der Waals surface area contributed by atoms with E-state index in [2.05, 4.69) is 20.3 Å². The predicted octanol–water partition coefficient (Wildman–Crippen LogP) is 5.74. The molecule has 2 aromatic carbocycles. The molecule has 1 amide bonds. The minimum atomic E-state index is -0.309. The number of aromatic nitrogens is 3. The first-order valence-electron chi connectivity index (χ1n) is 9.18. The molecule has 0 aliphatic carbocycles. The maximum atomic E-state index is 13.4. The summed E-state index contributed by atoms with van der Waals surface area (Å²) < 4.78 is 13.4. The number of hydrogen-bond acceptors (Lipinski definition) is 5. The molecule has 5 rings (SSSR count). The third kappa shape index (κ3) is 3.74. The molecule has 0 fully saturated rings. The number of H-pyrrole nitrogens is 1. The Hall–Kier alpha value is -3.36. The largest absolute Gasteiger partial charge is 0.360 e. The Morgan fingerprint density at radius 1 is 1.07 bits per heavy atom. The Labute approximate surface area is 179 Å². The first-order chi connectivity index (χ1) is 14.7. The summed E-state index contributed by atoms with van der Waals surface area (Å²) >= 11 is 2.77. The summed E-state index contributed by atoms with van der Waals surface area (Å²) in [5, 5.41) is 8.91. The minimum absolute atomic E-state index is 0.133. The van der Waals surface area contributed by atoms with Crippen molar-refractivity contribution in [3.63, 3.8) is 0 Å². The molecule has 0 saturated carbocycles. The SMILES string of the molecule is O=C(Cc1csc(-c2cccc(F)c2)n1)Nc1nc(-c2c[nH]c3ccccc23)cs1.